The van der Waals surface area contributed by atoms with Crippen LogP contribution >= 0.6 is 0 Å². The number of aromatic nitrogens is 2. The van der Waals surface area contributed by atoms with Crippen molar-refractivity contribution in [2.45, 2.75) is 13.3 Å². The van der Waals surface area contributed by atoms with Gasteiger partial charge in [-0.25, -0.2) is 9.37 Å². The maximum absolute atomic E-state index is 13.1. The van der Waals surface area contributed by atoms with E-state index < -0.39 is 5.82 Å². The molecule has 122 valence electrons. The molecule has 1 amide bonds. The Bertz CT molecular complexity index is 843. The fraction of sp³-hybridized carbons (Fsp3) is 0.158. The number of benzene rings is 2. The molecule has 0 atom stereocenters. The van der Waals surface area contributed by atoms with Crippen LogP contribution < -0.4 is 5.32 Å². The third kappa shape index (κ3) is 3.68. The van der Waals surface area contributed by atoms with E-state index in [1.807, 2.05) is 48.0 Å². The van der Waals surface area contributed by atoms with Crippen LogP contribution in [0, 0.1) is 12.7 Å². The van der Waals surface area contributed by atoms with Gasteiger partial charge in [0.15, 0.2) is 0 Å². The summed E-state index contributed by atoms with van der Waals surface area (Å²) in [5.74, 6) is 0.196. The van der Waals surface area contributed by atoms with Gasteiger partial charge >= 0.3 is 0 Å². The maximum Gasteiger partial charge on any atom is 0.251 e. The molecule has 24 heavy (non-hydrogen) atoms. The van der Waals surface area contributed by atoms with Crippen molar-refractivity contribution in [3.8, 4) is 5.69 Å². The zero-order chi connectivity index (χ0) is 16.9. The van der Waals surface area contributed by atoms with Gasteiger partial charge in [-0.3, -0.25) is 4.79 Å². The number of hydrogen-bond donors (Lipinski definition) is 1. The summed E-state index contributed by atoms with van der Waals surface area (Å²) in [6.07, 6.45) is 2.58. The zero-order valence-corrected chi connectivity index (χ0v) is 13.4. The topological polar surface area (TPSA) is 46.9 Å². The fourth-order valence-electron chi connectivity index (χ4n) is 2.54. The molecule has 0 unspecified atom stereocenters. The highest BCUT2D eigenvalue weighted by atomic mass is 19.1. The quantitative estimate of drug-likeness (QED) is 0.783. The molecule has 0 aliphatic carbocycles. The van der Waals surface area contributed by atoms with Crippen LogP contribution in [0.1, 0.15) is 21.9 Å². The number of hydrogen-bond acceptors (Lipinski definition) is 2. The standard InChI is InChI=1S/C19H18FN3O/c1-14-22-17(13-23(14)18-8-3-2-4-9-18)10-11-21-19(24)15-6-5-7-16(20)12-15/h2-9,12-13H,10-11H2,1H3,(H,21,24). The normalized spacial score (nSPS) is 10.6. The summed E-state index contributed by atoms with van der Waals surface area (Å²) < 4.78 is 15.1. The second-order valence-electron chi connectivity index (χ2n) is 5.50. The van der Waals surface area contributed by atoms with Gasteiger partial charge in [0.2, 0.25) is 0 Å². The van der Waals surface area contributed by atoms with E-state index in [0.717, 1.165) is 17.2 Å². The summed E-state index contributed by atoms with van der Waals surface area (Å²) in [6, 6.07) is 15.6. The van der Waals surface area contributed by atoms with Crippen LogP contribution in [-0.2, 0) is 6.42 Å². The van der Waals surface area contributed by atoms with E-state index in [1.54, 1.807) is 6.07 Å². The van der Waals surface area contributed by atoms with Crippen molar-refractivity contribution < 1.29 is 9.18 Å². The molecule has 0 aliphatic rings. The Hall–Kier alpha value is -2.95. The van der Waals surface area contributed by atoms with Crippen LogP contribution in [0.25, 0.3) is 5.69 Å². The van der Waals surface area contributed by atoms with Crippen molar-refractivity contribution in [3.63, 3.8) is 0 Å². The minimum atomic E-state index is -0.417. The van der Waals surface area contributed by atoms with Crippen molar-refractivity contribution in [1.82, 2.24) is 14.9 Å². The molecule has 1 N–H and O–H groups in total. The highest BCUT2D eigenvalue weighted by molar-refractivity contribution is 5.94. The number of para-hydroxylation sites is 1. The van der Waals surface area contributed by atoms with Crippen LogP contribution in [0.5, 0.6) is 0 Å². The highest BCUT2D eigenvalue weighted by Gasteiger charge is 2.08. The van der Waals surface area contributed by atoms with Crippen molar-refractivity contribution in [1.29, 1.82) is 0 Å². The summed E-state index contributed by atoms with van der Waals surface area (Å²) in [6.45, 7) is 2.39. The minimum absolute atomic E-state index is 0.284. The first-order valence-electron chi connectivity index (χ1n) is 7.77. The molecule has 3 rings (SSSR count). The molecule has 0 bridgehead atoms. The largest absolute Gasteiger partial charge is 0.352 e. The van der Waals surface area contributed by atoms with Gasteiger partial charge in [0, 0.05) is 30.4 Å². The van der Waals surface area contributed by atoms with Gasteiger partial charge in [0.1, 0.15) is 11.6 Å². The number of imidazole rings is 1. The predicted molar refractivity (Wildman–Crippen MR) is 90.7 cm³/mol. The minimum Gasteiger partial charge on any atom is -0.352 e. The lowest BCUT2D eigenvalue weighted by molar-refractivity contribution is 0.0953. The van der Waals surface area contributed by atoms with Gasteiger partial charge in [-0.2, -0.15) is 0 Å². The van der Waals surface area contributed by atoms with Crippen LogP contribution in [0.4, 0.5) is 4.39 Å². The van der Waals surface area contributed by atoms with E-state index in [9.17, 15) is 9.18 Å². The molecule has 5 heteroatoms. The van der Waals surface area contributed by atoms with E-state index in [2.05, 4.69) is 10.3 Å². The van der Waals surface area contributed by atoms with Gasteiger partial charge in [0.25, 0.3) is 5.91 Å². The second kappa shape index (κ2) is 7.08. The predicted octanol–water partition coefficient (Wildman–Crippen LogP) is 3.29. The van der Waals surface area contributed by atoms with Crippen molar-refractivity contribution >= 4 is 5.91 Å². The third-order valence-corrected chi connectivity index (χ3v) is 3.72. The Kier molecular flexibility index (Phi) is 4.70. The summed E-state index contributed by atoms with van der Waals surface area (Å²) in [5, 5.41) is 2.79. The van der Waals surface area contributed by atoms with Crippen LogP contribution in [0.2, 0.25) is 0 Å². The SMILES string of the molecule is Cc1nc(CCNC(=O)c2cccc(F)c2)cn1-c1ccccc1. The van der Waals surface area contributed by atoms with E-state index >= 15 is 0 Å². The van der Waals surface area contributed by atoms with E-state index in [-0.39, 0.29) is 5.91 Å². The zero-order valence-electron chi connectivity index (χ0n) is 13.4. The Labute approximate surface area is 140 Å². The fourth-order valence-corrected chi connectivity index (χ4v) is 2.54. The molecule has 0 aliphatic heterocycles. The molecular weight excluding hydrogens is 305 g/mol. The van der Waals surface area contributed by atoms with Crippen molar-refractivity contribution in [2.75, 3.05) is 6.54 Å². The van der Waals surface area contributed by atoms with Gasteiger partial charge < -0.3 is 9.88 Å². The molecule has 0 radical (unpaired) electrons. The van der Waals surface area contributed by atoms with Crippen LogP contribution in [0.3, 0.4) is 0 Å². The average Bonchev–Trinajstić information content (AvgIpc) is 2.96. The number of amides is 1. The Morgan fingerprint density at radius 3 is 2.71 bits per heavy atom. The number of halogens is 1. The summed E-state index contributed by atoms with van der Waals surface area (Å²) >= 11 is 0. The average molecular weight is 323 g/mol. The van der Waals surface area contributed by atoms with Gasteiger partial charge in [0.05, 0.1) is 5.69 Å². The Morgan fingerprint density at radius 2 is 1.96 bits per heavy atom. The smallest absolute Gasteiger partial charge is 0.251 e. The molecule has 3 aromatic rings. The van der Waals surface area contributed by atoms with Crippen LogP contribution in [0.15, 0.2) is 60.8 Å². The van der Waals surface area contributed by atoms with E-state index in [0.29, 0.717) is 18.5 Å². The number of nitrogens with zero attached hydrogens (tertiary/aromatic N) is 2. The monoisotopic (exact) mass is 323 g/mol. The van der Waals surface area contributed by atoms with Crippen molar-refractivity contribution in [3.05, 3.63) is 83.7 Å². The first-order chi connectivity index (χ1) is 11.6. The number of rotatable bonds is 5. The molecule has 2 aromatic carbocycles. The van der Waals surface area contributed by atoms with Crippen LogP contribution in [-0.4, -0.2) is 22.0 Å². The first kappa shape index (κ1) is 15.9. The number of carbonyl (C=O) groups excluding carboxylic acids is 1. The molecule has 0 fully saturated rings. The highest BCUT2D eigenvalue weighted by Crippen LogP contribution is 2.12. The molecule has 1 heterocycles. The number of aryl methyl sites for hydroxylation is 1. The molecule has 0 saturated heterocycles. The van der Waals surface area contributed by atoms with Gasteiger partial charge in [-0.1, -0.05) is 24.3 Å². The Balaban J connectivity index is 1.61. The lowest BCUT2D eigenvalue weighted by Gasteiger charge is -2.04. The van der Waals surface area contributed by atoms with Gasteiger partial charge in [-0.15, -0.1) is 0 Å². The number of carbonyl (C=O) groups is 1. The van der Waals surface area contributed by atoms with E-state index in [1.165, 1.54) is 18.2 Å². The molecule has 0 spiro atoms. The third-order valence-electron chi connectivity index (χ3n) is 3.72. The second-order valence-corrected chi connectivity index (χ2v) is 5.50. The molecule has 1 aromatic heterocycles. The summed E-state index contributed by atoms with van der Waals surface area (Å²) in [5.41, 5.74) is 2.27. The van der Waals surface area contributed by atoms with E-state index in [4.69, 9.17) is 0 Å². The lowest BCUT2D eigenvalue weighted by atomic mass is 10.2. The summed E-state index contributed by atoms with van der Waals surface area (Å²) in [4.78, 5) is 16.5. The first-order valence-corrected chi connectivity index (χ1v) is 7.77. The molecular formula is C19H18FN3O. The molecule has 0 saturated carbocycles. The summed E-state index contributed by atoms with van der Waals surface area (Å²) in [7, 11) is 0. The molecule has 4 nitrogen and oxygen atoms in total. The lowest BCUT2D eigenvalue weighted by Crippen LogP contribution is -2.25. The maximum atomic E-state index is 13.1. The van der Waals surface area contributed by atoms with Gasteiger partial charge in [-0.05, 0) is 37.3 Å². The van der Waals surface area contributed by atoms with Crippen molar-refractivity contribution in [2.24, 2.45) is 0 Å². The number of nitrogens with one attached hydrogen (secondary N) is 1. The Morgan fingerprint density at radius 1 is 1.17 bits per heavy atom.